The number of alkyl halides is 6. The van der Waals surface area contributed by atoms with Crippen LogP contribution in [-0.4, -0.2) is 28.7 Å². The van der Waals surface area contributed by atoms with E-state index in [0.29, 0.717) is 34.4 Å². The predicted molar refractivity (Wildman–Crippen MR) is 121 cm³/mol. The van der Waals surface area contributed by atoms with Crippen molar-refractivity contribution in [1.82, 2.24) is 10.3 Å². The van der Waals surface area contributed by atoms with Gasteiger partial charge in [-0.3, -0.25) is 4.79 Å². The van der Waals surface area contributed by atoms with Gasteiger partial charge in [0.05, 0.1) is 19.2 Å². The molecule has 7 nitrogen and oxygen atoms in total. The van der Waals surface area contributed by atoms with Crippen molar-refractivity contribution in [2.75, 3.05) is 0 Å². The molecule has 2 N–H and O–H groups in total. The third-order valence-corrected chi connectivity index (χ3v) is 5.54. The monoisotopic (exact) mass is 558 g/mol. The highest BCUT2D eigenvalue weighted by molar-refractivity contribution is 6.08. The van der Waals surface area contributed by atoms with Crippen LogP contribution in [0.3, 0.4) is 0 Å². The Kier molecular flexibility index (Phi) is 7.31. The number of hydrogen-bond acceptors (Lipinski definition) is 6. The Morgan fingerprint density at radius 3 is 2.26 bits per heavy atom. The van der Waals surface area contributed by atoms with Gasteiger partial charge in [0, 0.05) is 0 Å². The molecule has 2 aromatic carbocycles. The molecule has 1 aliphatic rings. The summed E-state index contributed by atoms with van der Waals surface area (Å²) in [7, 11) is 0. The lowest BCUT2D eigenvalue weighted by Gasteiger charge is -2.16. The lowest BCUT2D eigenvalue weighted by molar-refractivity contribution is -0.277. The van der Waals surface area contributed by atoms with E-state index in [1.54, 1.807) is 6.92 Å². The van der Waals surface area contributed by atoms with Gasteiger partial charge in [-0.1, -0.05) is 6.07 Å². The van der Waals surface area contributed by atoms with Crippen LogP contribution in [0.15, 0.2) is 52.8 Å². The van der Waals surface area contributed by atoms with Crippen molar-refractivity contribution in [1.29, 1.82) is 0 Å². The van der Waals surface area contributed by atoms with Crippen molar-refractivity contribution >= 4 is 23.1 Å². The van der Waals surface area contributed by atoms with E-state index in [1.165, 1.54) is 24.6 Å². The smallest absolute Gasteiger partial charge is 0.502 e. The average molecular weight is 558 g/mol. The van der Waals surface area contributed by atoms with Crippen LogP contribution in [-0.2, 0) is 11.3 Å². The van der Waals surface area contributed by atoms with Crippen molar-refractivity contribution in [3.63, 3.8) is 0 Å². The van der Waals surface area contributed by atoms with Crippen LogP contribution in [0.25, 0.3) is 17.2 Å². The van der Waals surface area contributed by atoms with Gasteiger partial charge < -0.3 is 24.3 Å². The summed E-state index contributed by atoms with van der Waals surface area (Å²) in [5.74, 6) is -5.05. The molecule has 0 atom stereocenters. The van der Waals surface area contributed by atoms with Gasteiger partial charge in [-0.25, -0.2) is 9.37 Å². The molecule has 1 amide bonds. The van der Waals surface area contributed by atoms with Crippen molar-refractivity contribution in [2.24, 2.45) is 0 Å². The summed E-state index contributed by atoms with van der Waals surface area (Å²) in [6.45, 7) is 1.54. The van der Waals surface area contributed by atoms with E-state index in [1.807, 2.05) is 0 Å². The number of phenols is 1. The number of allylic oxidation sites excluding steroid dienone is 2. The molecule has 0 spiro atoms. The van der Waals surface area contributed by atoms with Crippen LogP contribution >= 0.6 is 0 Å². The highest BCUT2D eigenvalue weighted by Gasteiger charge is 2.36. The Bertz CT molecular complexity index is 1420. The van der Waals surface area contributed by atoms with Gasteiger partial charge in [-0.15, -0.1) is 26.3 Å². The Labute approximate surface area is 215 Å². The lowest BCUT2D eigenvalue weighted by atomic mass is 10.00. The van der Waals surface area contributed by atoms with Gasteiger partial charge in [0.25, 0.3) is 0 Å². The topological polar surface area (TPSA) is 93.8 Å². The molecule has 4 rings (SSSR count). The van der Waals surface area contributed by atoms with E-state index >= 15 is 0 Å². The number of halogens is 7. The summed E-state index contributed by atoms with van der Waals surface area (Å²) >= 11 is 0. The Morgan fingerprint density at radius 2 is 1.69 bits per heavy atom. The molecule has 1 aliphatic carbocycles. The van der Waals surface area contributed by atoms with Crippen molar-refractivity contribution in [2.45, 2.75) is 32.6 Å². The SMILES string of the molecule is CC1=C(CC(=O)NCc2ncco2)c2cc(F)ccc2/C1=C\c1cc(OC(F)(F)F)c(O)c(OC(F)(F)F)c1. The molecule has 0 bridgehead atoms. The number of rotatable bonds is 7. The zero-order valence-electron chi connectivity index (χ0n) is 19.7. The van der Waals surface area contributed by atoms with Gasteiger partial charge in [-0.05, 0) is 70.7 Å². The van der Waals surface area contributed by atoms with Gasteiger partial charge in [0.15, 0.2) is 11.5 Å². The summed E-state index contributed by atoms with van der Waals surface area (Å²) in [5, 5.41) is 12.5. The molecule has 1 aromatic heterocycles. The van der Waals surface area contributed by atoms with Crippen LogP contribution < -0.4 is 14.8 Å². The van der Waals surface area contributed by atoms with E-state index < -0.39 is 41.7 Å². The number of nitrogens with zero attached hydrogens (tertiary/aromatic N) is 1. The van der Waals surface area contributed by atoms with Crippen LogP contribution in [0.2, 0.25) is 0 Å². The van der Waals surface area contributed by atoms with E-state index in [9.17, 15) is 40.6 Å². The minimum Gasteiger partial charge on any atom is -0.502 e. The summed E-state index contributed by atoms with van der Waals surface area (Å²) < 4.78 is 104. The van der Waals surface area contributed by atoms with Gasteiger partial charge in [-0.2, -0.15) is 0 Å². The first kappa shape index (κ1) is 27.5. The molecule has 1 heterocycles. The number of nitrogens with one attached hydrogen (secondary N) is 1. The van der Waals surface area contributed by atoms with E-state index in [2.05, 4.69) is 19.8 Å². The number of phenolic OH excluding ortho intramolecular Hbond substituents is 1. The van der Waals surface area contributed by atoms with Gasteiger partial charge in [0.1, 0.15) is 12.1 Å². The fraction of sp³-hybridized carbons (Fsp3) is 0.200. The number of aromatic hydroxyl groups is 1. The van der Waals surface area contributed by atoms with Crippen LogP contribution in [0, 0.1) is 5.82 Å². The normalized spacial score (nSPS) is 14.5. The zero-order chi connectivity index (χ0) is 28.5. The molecule has 14 heteroatoms. The Hall–Kier alpha value is -4.49. The molecule has 0 unspecified atom stereocenters. The molecule has 0 fully saturated rings. The highest BCUT2D eigenvalue weighted by Crippen LogP contribution is 2.46. The van der Waals surface area contributed by atoms with Gasteiger partial charge in [0.2, 0.25) is 17.5 Å². The molecule has 206 valence electrons. The molecule has 0 aliphatic heterocycles. The quantitative estimate of drug-likeness (QED) is 0.329. The number of aromatic nitrogens is 1. The maximum absolute atomic E-state index is 14.1. The first-order chi connectivity index (χ1) is 18.2. The van der Waals surface area contributed by atoms with Crippen LogP contribution in [0.4, 0.5) is 30.7 Å². The second-order valence-corrected chi connectivity index (χ2v) is 8.19. The molecule has 0 saturated carbocycles. The fourth-order valence-electron chi connectivity index (χ4n) is 3.98. The standard InChI is InChI=1S/C25H17F7N2O5/c1-12-16(6-13-7-19(38-24(27,28)29)23(36)20(8-13)39-25(30,31)32)15-3-2-14(26)9-18(15)17(12)10-21(35)34-11-22-33-4-5-37-22/h2-9,36H,10-11H2,1H3,(H,34,35)/b16-6-. The van der Waals surface area contributed by atoms with Crippen molar-refractivity contribution in [3.8, 4) is 17.2 Å². The third kappa shape index (κ3) is 6.69. The first-order valence-electron chi connectivity index (χ1n) is 11.0. The average Bonchev–Trinajstić information content (AvgIpc) is 3.42. The second-order valence-electron chi connectivity index (χ2n) is 8.19. The maximum Gasteiger partial charge on any atom is 0.573 e. The molecule has 3 aromatic rings. The summed E-state index contributed by atoms with van der Waals surface area (Å²) in [6.07, 6.45) is -6.99. The largest absolute Gasteiger partial charge is 0.573 e. The van der Waals surface area contributed by atoms with E-state index in [0.717, 1.165) is 12.1 Å². The number of oxazole rings is 1. The van der Waals surface area contributed by atoms with Crippen molar-refractivity contribution in [3.05, 3.63) is 76.8 Å². The fourth-order valence-corrected chi connectivity index (χ4v) is 3.98. The number of hydrogen-bond donors (Lipinski definition) is 2. The Morgan fingerprint density at radius 1 is 1.05 bits per heavy atom. The number of amides is 1. The van der Waals surface area contributed by atoms with E-state index in [-0.39, 0.29) is 30.0 Å². The second kappa shape index (κ2) is 10.3. The molecule has 0 saturated heterocycles. The van der Waals surface area contributed by atoms with Crippen LogP contribution in [0.5, 0.6) is 17.2 Å². The number of carbonyl (C=O) groups is 1. The molecular formula is C25H17F7N2O5. The third-order valence-electron chi connectivity index (χ3n) is 5.54. The summed E-state index contributed by atoms with van der Waals surface area (Å²) in [5.41, 5.74) is 1.47. The molecule has 0 radical (unpaired) electrons. The van der Waals surface area contributed by atoms with Crippen molar-refractivity contribution < 1.29 is 54.5 Å². The summed E-state index contributed by atoms with van der Waals surface area (Å²) in [6, 6.07) is 4.95. The first-order valence-corrected chi connectivity index (χ1v) is 11.0. The Balaban J connectivity index is 1.75. The number of benzene rings is 2. The lowest BCUT2D eigenvalue weighted by Crippen LogP contribution is -2.22. The predicted octanol–water partition coefficient (Wildman–Crippen LogP) is 6.35. The molecule has 39 heavy (non-hydrogen) atoms. The maximum atomic E-state index is 14.1. The van der Waals surface area contributed by atoms with E-state index in [4.69, 9.17) is 4.42 Å². The number of fused-ring (bicyclic) bond motifs is 1. The highest BCUT2D eigenvalue weighted by atomic mass is 19.4. The number of ether oxygens (including phenoxy) is 2. The minimum atomic E-state index is -5.34. The van der Waals surface area contributed by atoms with Crippen LogP contribution in [0.1, 0.15) is 35.9 Å². The summed E-state index contributed by atoms with van der Waals surface area (Å²) in [4.78, 5) is 16.5. The van der Waals surface area contributed by atoms with Gasteiger partial charge >= 0.3 is 12.7 Å². The minimum absolute atomic E-state index is 0.0195. The molecular weight excluding hydrogens is 541 g/mol. The number of carbonyl (C=O) groups excluding carboxylic acids is 1. The zero-order valence-corrected chi connectivity index (χ0v) is 19.7.